The van der Waals surface area contributed by atoms with E-state index in [0.29, 0.717) is 12.0 Å². The van der Waals surface area contributed by atoms with E-state index >= 15 is 0 Å². The number of likely N-dealkylation sites (tertiary alicyclic amines) is 1. The lowest BCUT2D eigenvalue weighted by molar-refractivity contribution is 0.104. The van der Waals surface area contributed by atoms with Gasteiger partial charge >= 0.3 is 0 Å². The molecular formula is C18H32N4S. The summed E-state index contributed by atoms with van der Waals surface area (Å²) < 4.78 is 2.36. The summed E-state index contributed by atoms with van der Waals surface area (Å²) >= 11 is 1.71. The molecule has 0 spiro atoms. The van der Waals surface area contributed by atoms with E-state index in [9.17, 15) is 0 Å². The van der Waals surface area contributed by atoms with Gasteiger partial charge in [0.1, 0.15) is 5.82 Å². The highest BCUT2D eigenvalue weighted by Gasteiger charge is 2.32. The fourth-order valence-corrected chi connectivity index (χ4v) is 4.97. The normalized spacial score (nSPS) is 30.0. The molecule has 130 valence electrons. The Labute approximate surface area is 145 Å². The minimum atomic E-state index is 0.438. The molecule has 1 aliphatic heterocycles. The van der Waals surface area contributed by atoms with Crippen molar-refractivity contribution in [2.75, 3.05) is 19.3 Å². The number of thioether (sulfide) groups is 1. The molecule has 1 saturated heterocycles. The van der Waals surface area contributed by atoms with Crippen LogP contribution in [0.2, 0.25) is 0 Å². The Bertz CT molecular complexity index is 505. The van der Waals surface area contributed by atoms with Crippen LogP contribution in [0, 0.1) is 5.92 Å². The van der Waals surface area contributed by atoms with Gasteiger partial charge in [-0.2, -0.15) is 0 Å². The molecule has 4 nitrogen and oxygen atoms in total. The van der Waals surface area contributed by atoms with E-state index in [4.69, 9.17) is 0 Å². The second-order valence-corrected chi connectivity index (χ2v) is 8.53. The minimum Gasteiger partial charge on any atom is -0.303 e. The average Bonchev–Trinajstić information content (AvgIpc) is 3.00. The lowest BCUT2D eigenvalue weighted by atomic mass is 9.85. The standard InChI is InChI=1S/C18H32N4S/c1-13(2)22-17(19-20-18(22)23-4)15-6-5-11-21(12-15)16-9-7-14(3)8-10-16/h13-16H,5-12H2,1-4H3. The lowest BCUT2D eigenvalue weighted by Crippen LogP contribution is -2.44. The third-order valence-electron chi connectivity index (χ3n) is 5.71. The van der Waals surface area contributed by atoms with Crippen molar-refractivity contribution in [1.29, 1.82) is 0 Å². The zero-order valence-corrected chi connectivity index (χ0v) is 16.0. The molecule has 0 amide bonds. The SMILES string of the molecule is CSc1nnc(C2CCCN(C3CCC(C)CC3)C2)n1C(C)C. The average molecular weight is 337 g/mol. The van der Waals surface area contributed by atoms with Gasteiger partial charge in [0.15, 0.2) is 5.16 Å². The molecule has 3 rings (SSSR count). The zero-order valence-electron chi connectivity index (χ0n) is 15.2. The summed E-state index contributed by atoms with van der Waals surface area (Å²) in [4.78, 5) is 2.76. The largest absolute Gasteiger partial charge is 0.303 e. The predicted octanol–water partition coefficient (Wildman–Crippen LogP) is 4.34. The molecule has 2 aliphatic rings. The Morgan fingerprint density at radius 2 is 1.83 bits per heavy atom. The first-order chi connectivity index (χ1) is 11.1. The summed E-state index contributed by atoms with van der Waals surface area (Å²) in [6, 6.07) is 1.25. The molecule has 1 unspecified atom stereocenters. The summed E-state index contributed by atoms with van der Waals surface area (Å²) in [5.41, 5.74) is 0. The molecule has 1 atom stereocenters. The fraction of sp³-hybridized carbons (Fsp3) is 0.889. The van der Waals surface area contributed by atoms with Gasteiger partial charge in [-0.25, -0.2) is 0 Å². The van der Waals surface area contributed by atoms with Crippen LogP contribution < -0.4 is 0 Å². The van der Waals surface area contributed by atoms with Crippen LogP contribution in [0.1, 0.15) is 77.1 Å². The molecule has 0 radical (unpaired) electrons. The second kappa shape index (κ2) is 7.56. The summed E-state index contributed by atoms with van der Waals surface area (Å²) in [5, 5.41) is 10.1. The van der Waals surface area contributed by atoms with Crippen LogP contribution in [0.25, 0.3) is 0 Å². The molecule has 23 heavy (non-hydrogen) atoms. The monoisotopic (exact) mass is 336 g/mol. The maximum atomic E-state index is 4.59. The van der Waals surface area contributed by atoms with Crippen LogP contribution in [0.3, 0.4) is 0 Å². The first-order valence-electron chi connectivity index (χ1n) is 9.33. The molecule has 1 aromatic rings. The van der Waals surface area contributed by atoms with Crippen molar-refractivity contribution in [3.05, 3.63) is 5.82 Å². The van der Waals surface area contributed by atoms with E-state index in [2.05, 4.69) is 46.7 Å². The first-order valence-corrected chi connectivity index (χ1v) is 10.6. The lowest BCUT2D eigenvalue weighted by Gasteiger charge is -2.41. The van der Waals surface area contributed by atoms with Crippen LogP contribution in [-0.2, 0) is 0 Å². The van der Waals surface area contributed by atoms with Gasteiger partial charge in [0.25, 0.3) is 0 Å². The summed E-state index contributed by atoms with van der Waals surface area (Å²) in [5.74, 6) is 2.71. The summed E-state index contributed by atoms with van der Waals surface area (Å²) in [7, 11) is 0. The van der Waals surface area contributed by atoms with Gasteiger partial charge in [0, 0.05) is 24.5 Å². The van der Waals surface area contributed by atoms with Gasteiger partial charge in [-0.15, -0.1) is 10.2 Å². The van der Waals surface area contributed by atoms with Gasteiger partial charge in [-0.05, 0) is 71.1 Å². The molecular weight excluding hydrogens is 304 g/mol. The van der Waals surface area contributed by atoms with Crippen molar-refractivity contribution in [2.45, 2.75) is 82.5 Å². The number of rotatable bonds is 4. The van der Waals surface area contributed by atoms with Crippen molar-refractivity contribution >= 4 is 11.8 Å². The van der Waals surface area contributed by atoms with E-state index in [1.54, 1.807) is 11.8 Å². The van der Waals surface area contributed by atoms with Crippen molar-refractivity contribution in [1.82, 2.24) is 19.7 Å². The molecule has 1 aromatic heterocycles. The number of hydrogen-bond donors (Lipinski definition) is 0. The van der Waals surface area contributed by atoms with E-state index in [-0.39, 0.29) is 0 Å². The van der Waals surface area contributed by atoms with Crippen LogP contribution >= 0.6 is 11.8 Å². The third kappa shape index (κ3) is 3.76. The molecule has 2 heterocycles. The molecule has 0 aromatic carbocycles. The quantitative estimate of drug-likeness (QED) is 0.766. The van der Waals surface area contributed by atoms with E-state index < -0.39 is 0 Å². The van der Waals surface area contributed by atoms with Crippen LogP contribution in [0.15, 0.2) is 5.16 Å². The molecule has 0 bridgehead atoms. The predicted molar refractivity (Wildman–Crippen MR) is 97.2 cm³/mol. The highest BCUT2D eigenvalue weighted by molar-refractivity contribution is 7.98. The number of aromatic nitrogens is 3. The third-order valence-corrected chi connectivity index (χ3v) is 6.35. The van der Waals surface area contributed by atoms with Gasteiger partial charge in [0.2, 0.25) is 0 Å². The maximum Gasteiger partial charge on any atom is 0.191 e. The fourth-order valence-electron chi connectivity index (χ4n) is 4.35. The Morgan fingerprint density at radius 1 is 1.09 bits per heavy atom. The van der Waals surface area contributed by atoms with Crippen LogP contribution in [-0.4, -0.2) is 45.1 Å². The van der Waals surface area contributed by atoms with Crippen molar-refractivity contribution in [2.24, 2.45) is 5.92 Å². The topological polar surface area (TPSA) is 34.0 Å². The van der Waals surface area contributed by atoms with Gasteiger partial charge in [0.05, 0.1) is 0 Å². The zero-order chi connectivity index (χ0) is 16.4. The van der Waals surface area contributed by atoms with E-state index in [1.165, 1.54) is 57.4 Å². The number of nitrogens with zero attached hydrogens (tertiary/aromatic N) is 4. The van der Waals surface area contributed by atoms with Crippen LogP contribution in [0.4, 0.5) is 0 Å². The molecule has 1 saturated carbocycles. The highest BCUT2D eigenvalue weighted by Crippen LogP contribution is 2.34. The van der Waals surface area contributed by atoms with Gasteiger partial charge in [-0.1, -0.05) is 18.7 Å². The highest BCUT2D eigenvalue weighted by atomic mass is 32.2. The van der Waals surface area contributed by atoms with Gasteiger partial charge in [-0.3, -0.25) is 4.90 Å². The Balaban J connectivity index is 1.72. The smallest absolute Gasteiger partial charge is 0.191 e. The van der Waals surface area contributed by atoms with Crippen molar-refractivity contribution < 1.29 is 0 Å². The second-order valence-electron chi connectivity index (χ2n) is 7.76. The van der Waals surface area contributed by atoms with Crippen molar-refractivity contribution in [3.63, 3.8) is 0 Å². The summed E-state index contributed by atoms with van der Waals surface area (Å²) in [6.07, 6.45) is 10.3. The van der Waals surface area contributed by atoms with E-state index in [0.717, 1.165) is 17.1 Å². The Hall–Kier alpha value is -0.550. The maximum absolute atomic E-state index is 4.59. The Morgan fingerprint density at radius 3 is 2.48 bits per heavy atom. The molecule has 5 heteroatoms. The summed E-state index contributed by atoms with van der Waals surface area (Å²) in [6.45, 7) is 9.36. The molecule has 2 fully saturated rings. The van der Waals surface area contributed by atoms with Gasteiger partial charge < -0.3 is 4.57 Å². The molecule has 0 N–H and O–H groups in total. The Kier molecular flexibility index (Phi) is 5.68. The minimum absolute atomic E-state index is 0.438. The van der Waals surface area contributed by atoms with Crippen LogP contribution in [0.5, 0.6) is 0 Å². The molecule has 1 aliphatic carbocycles. The number of piperidine rings is 1. The van der Waals surface area contributed by atoms with Crippen molar-refractivity contribution in [3.8, 4) is 0 Å². The van der Waals surface area contributed by atoms with E-state index in [1.807, 2.05) is 0 Å². The number of hydrogen-bond acceptors (Lipinski definition) is 4. The first kappa shape index (κ1) is 17.3.